The van der Waals surface area contributed by atoms with E-state index in [1.54, 1.807) is 19.2 Å². The molecule has 1 aromatic heterocycles. The van der Waals surface area contributed by atoms with Crippen molar-refractivity contribution in [3.8, 4) is 22.6 Å². The van der Waals surface area contributed by atoms with Crippen LogP contribution in [-0.2, 0) is 0 Å². The molecule has 0 unspecified atom stereocenters. The quantitative estimate of drug-likeness (QED) is 0.660. The van der Waals surface area contributed by atoms with Crippen molar-refractivity contribution in [1.82, 2.24) is 9.78 Å². The van der Waals surface area contributed by atoms with Crippen LogP contribution in [0.4, 0.5) is 5.82 Å². The van der Waals surface area contributed by atoms with E-state index in [-0.39, 0.29) is 0 Å². The zero-order valence-corrected chi connectivity index (χ0v) is 15.2. The maximum Gasteiger partial charge on any atom is 0.135 e. The molecule has 0 aliphatic heterocycles. The molecule has 3 rings (SSSR count). The summed E-state index contributed by atoms with van der Waals surface area (Å²) in [6, 6.07) is 10.8. The molecule has 3 aromatic rings. The molecule has 0 saturated heterocycles. The van der Waals surface area contributed by atoms with Gasteiger partial charge in [0.2, 0.25) is 0 Å². The summed E-state index contributed by atoms with van der Waals surface area (Å²) in [5.74, 6) is 1.22. The van der Waals surface area contributed by atoms with Crippen molar-refractivity contribution in [3.05, 3.63) is 57.2 Å². The predicted octanol–water partition coefficient (Wildman–Crippen LogP) is 5.40. The monoisotopic (exact) mass is 381 g/mol. The number of methoxy groups -OCH3 is 1. The summed E-state index contributed by atoms with van der Waals surface area (Å²) in [6.45, 7) is 1.88. The van der Waals surface area contributed by atoms with Gasteiger partial charge in [-0.25, -0.2) is 4.68 Å². The number of rotatable bonds is 3. The Kier molecular flexibility index (Phi) is 4.63. The zero-order chi connectivity index (χ0) is 17.4. The summed E-state index contributed by atoms with van der Waals surface area (Å²) in [7, 11) is 1.62. The molecular formula is C17H14Cl3N3O. The Morgan fingerprint density at radius 3 is 2.17 bits per heavy atom. The average Bonchev–Trinajstić information content (AvgIpc) is 2.81. The van der Waals surface area contributed by atoms with E-state index in [0.717, 1.165) is 22.6 Å². The first-order valence-electron chi connectivity index (χ1n) is 7.06. The van der Waals surface area contributed by atoms with Crippen LogP contribution in [0.5, 0.6) is 5.75 Å². The van der Waals surface area contributed by atoms with Gasteiger partial charge >= 0.3 is 0 Å². The molecule has 24 heavy (non-hydrogen) atoms. The molecular weight excluding hydrogens is 369 g/mol. The Bertz CT molecular complexity index is 881. The first-order chi connectivity index (χ1) is 11.4. The fourth-order valence-electron chi connectivity index (χ4n) is 2.57. The summed E-state index contributed by atoms with van der Waals surface area (Å²) >= 11 is 18.5. The van der Waals surface area contributed by atoms with Crippen LogP contribution in [0, 0.1) is 6.92 Å². The molecule has 1 heterocycles. The summed E-state index contributed by atoms with van der Waals surface area (Å²) in [5.41, 5.74) is 9.35. The molecule has 0 radical (unpaired) electrons. The minimum absolute atomic E-state index is 0.378. The van der Waals surface area contributed by atoms with Gasteiger partial charge in [-0.1, -0.05) is 46.9 Å². The second-order valence-electron chi connectivity index (χ2n) is 5.20. The van der Waals surface area contributed by atoms with Crippen LogP contribution in [0.25, 0.3) is 16.8 Å². The largest absolute Gasteiger partial charge is 0.497 e. The highest BCUT2D eigenvalue weighted by Gasteiger charge is 2.19. The number of hydrogen-bond donors (Lipinski definition) is 1. The second-order valence-corrected chi connectivity index (χ2v) is 6.45. The normalized spacial score (nSPS) is 10.9. The van der Waals surface area contributed by atoms with Crippen LogP contribution in [-0.4, -0.2) is 16.9 Å². The smallest absolute Gasteiger partial charge is 0.135 e. The van der Waals surface area contributed by atoms with Crippen LogP contribution >= 0.6 is 34.8 Å². The van der Waals surface area contributed by atoms with Gasteiger partial charge in [0.25, 0.3) is 0 Å². The standard InChI is InChI=1S/C17H14Cl3N3O/c1-9-15(10-3-5-12(24-2)6-4-10)17(21)23(22-9)16-13(19)7-11(18)8-14(16)20/h3-8H,21H2,1-2H3. The fraction of sp³-hybridized carbons (Fsp3) is 0.118. The third kappa shape index (κ3) is 2.93. The highest BCUT2D eigenvalue weighted by molar-refractivity contribution is 6.40. The van der Waals surface area contributed by atoms with E-state index in [0.29, 0.717) is 26.6 Å². The molecule has 0 spiro atoms. The molecule has 0 aliphatic carbocycles. The lowest BCUT2D eigenvalue weighted by atomic mass is 10.1. The van der Waals surface area contributed by atoms with Crippen LogP contribution < -0.4 is 10.5 Å². The Labute approximate surface area is 154 Å². The molecule has 0 saturated carbocycles. The molecule has 0 fully saturated rings. The number of aryl methyl sites for hydroxylation is 1. The van der Waals surface area contributed by atoms with Crippen molar-refractivity contribution in [2.45, 2.75) is 6.92 Å². The maximum atomic E-state index is 6.33. The SMILES string of the molecule is COc1ccc(-c2c(C)nn(-c3c(Cl)cc(Cl)cc3Cl)c2N)cc1. The molecule has 4 nitrogen and oxygen atoms in total. The molecule has 7 heteroatoms. The van der Waals surface area contributed by atoms with E-state index in [1.165, 1.54) is 4.68 Å². The second kappa shape index (κ2) is 6.55. The molecule has 2 N–H and O–H groups in total. The third-order valence-electron chi connectivity index (χ3n) is 3.67. The van der Waals surface area contributed by atoms with Gasteiger partial charge in [-0.3, -0.25) is 0 Å². The van der Waals surface area contributed by atoms with E-state index in [4.69, 9.17) is 45.3 Å². The number of ether oxygens (including phenoxy) is 1. The van der Waals surface area contributed by atoms with Gasteiger partial charge in [0.05, 0.1) is 22.8 Å². The van der Waals surface area contributed by atoms with E-state index in [9.17, 15) is 0 Å². The van der Waals surface area contributed by atoms with Gasteiger partial charge in [0, 0.05) is 10.6 Å². The first-order valence-corrected chi connectivity index (χ1v) is 8.20. The minimum Gasteiger partial charge on any atom is -0.497 e. The van der Waals surface area contributed by atoms with Gasteiger partial charge in [0.15, 0.2) is 0 Å². The zero-order valence-electron chi connectivity index (χ0n) is 13.0. The minimum atomic E-state index is 0.378. The Hall–Kier alpha value is -1.88. The average molecular weight is 383 g/mol. The molecule has 0 aliphatic rings. The van der Waals surface area contributed by atoms with Gasteiger partial charge < -0.3 is 10.5 Å². The maximum absolute atomic E-state index is 6.33. The topological polar surface area (TPSA) is 53.1 Å². The van der Waals surface area contributed by atoms with Crippen LogP contribution in [0.3, 0.4) is 0 Å². The lowest BCUT2D eigenvalue weighted by molar-refractivity contribution is 0.415. The van der Waals surface area contributed by atoms with Crippen molar-refractivity contribution >= 4 is 40.6 Å². The number of nitrogens with two attached hydrogens (primary N) is 1. The molecule has 0 amide bonds. The van der Waals surface area contributed by atoms with Gasteiger partial charge in [-0.05, 0) is 36.8 Å². The number of benzene rings is 2. The van der Waals surface area contributed by atoms with Crippen molar-refractivity contribution in [2.75, 3.05) is 12.8 Å². The number of hydrogen-bond acceptors (Lipinski definition) is 3. The van der Waals surface area contributed by atoms with E-state index >= 15 is 0 Å². The lowest BCUT2D eigenvalue weighted by Gasteiger charge is -2.10. The van der Waals surface area contributed by atoms with Crippen molar-refractivity contribution < 1.29 is 4.74 Å². The number of anilines is 1. The number of nitrogen functional groups attached to an aromatic ring is 1. The van der Waals surface area contributed by atoms with Crippen LogP contribution in [0.1, 0.15) is 5.69 Å². The van der Waals surface area contributed by atoms with Gasteiger partial charge in [-0.15, -0.1) is 0 Å². The highest BCUT2D eigenvalue weighted by atomic mass is 35.5. The van der Waals surface area contributed by atoms with Crippen molar-refractivity contribution in [2.24, 2.45) is 0 Å². The summed E-state index contributed by atoms with van der Waals surface area (Å²) in [4.78, 5) is 0. The number of halogens is 3. The first kappa shape index (κ1) is 17.0. The van der Waals surface area contributed by atoms with Crippen LogP contribution in [0.2, 0.25) is 15.1 Å². The number of nitrogens with zero attached hydrogens (tertiary/aromatic N) is 2. The summed E-state index contributed by atoms with van der Waals surface area (Å²) in [6.07, 6.45) is 0. The lowest BCUT2D eigenvalue weighted by Crippen LogP contribution is -2.04. The van der Waals surface area contributed by atoms with Crippen molar-refractivity contribution in [1.29, 1.82) is 0 Å². The predicted molar refractivity (Wildman–Crippen MR) is 99.7 cm³/mol. The summed E-state index contributed by atoms with van der Waals surface area (Å²) in [5, 5.41) is 5.71. The Morgan fingerprint density at radius 2 is 1.62 bits per heavy atom. The third-order valence-corrected chi connectivity index (χ3v) is 4.46. The number of aromatic nitrogens is 2. The van der Waals surface area contributed by atoms with Crippen LogP contribution in [0.15, 0.2) is 36.4 Å². The molecule has 124 valence electrons. The fourth-order valence-corrected chi connectivity index (χ4v) is 3.54. The molecule has 0 bridgehead atoms. The van der Waals surface area contributed by atoms with E-state index in [1.807, 2.05) is 31.2 Å². The van der Waals surface area contributed by atoms with Gasteiger partial charge in [0.1, 0.15) is 17.3 Å². The summed E-state index contributed by atoms with van der Waals surface area (Å²) < 4.78 is 6.72. The molecule has 0 atom stereocenters. The molecule has 2 aromatic carbocycles. The Morgan fingerprint density at radius 1 is 1.04 bits per heavy atom. The van der Waals surface area contributed by atoms with E-state index in [2.05, 4.69) is 5.10 Å². The van der Waals surface area contributed by atoms with Crippen molar-refractivity contribution in [3.63, 3.8) is 0 Å². The van der Waals surface area contributed by atoms with Gasteiger partial charge in [-0.2, -0.15) is 5.10 Å². The Balaban J connectivity index is 2.17. The highest BCUT2D eigenvalue weighted by Crippen LogP contribution is 2.37. The van der Waals surface area contributed by atoms with E-state index < -0.39 is 0 Å².